The number of hydrogen-bond donors (Lipinski definition) is 0. The SMILES string of the molecule is Cc1ccc2cc(C(=O)c3cc(Br)ccc3Br)ccc2n1. The zero-order valence-electron chi connectivity index (χ0n) is 11.2. The number of rotatable bonds is 2. The first-order valence-electron chi connectivity index (χ1n) is 6.42. The Morgan fingerprint density at radius 3 is 2.62 bits per heavy atom. The second-order valence-corrected chi connectivity index (χ2v) is 6.58. The third-order valence-electron chi connectivity index (χ3n) is 3.26. The molecule has 4 heteroatoms. The molecule has 1 heterocycles. The average Bonchev–Trinajstić information content (AvgIpc) is 2.48. The molecule has 0 radical (unpaired) electrons. The minimum Gasteiger partial charge on any atom is -0.289 e. The van der Waals surface area contributed by atoms with Crippen LogP contribution in [0.1, 0.15) is 21.6 Å². The van der Waals surface area contributed by atoms with E-state index in [0.717, 1.165) is 25.5 Å². The van der Waals surface area contributed by atoms with Crippen LogP contribution in [0.15, 0.2) is 57.5 Å². The number of benzene rings is 2. The topological polar surface area (TPSA) is 30.0 Å². The fourth-order valence-electron chi connectivity index (χ4n) is 2.20. The van der Waals surface area contributed by atoms with Crippen LogP contribution in [0.2, 0.25) is 0 Å². The van der Waals surface area contributed by atoms with Crippen LogP contribution in [0.25, 0.3) is 10.9 Å². The molecule has 3 rings (SSSR count). The van der Waals surface area contributed by atoms with Gasteiger partial charge in [-0.2, -0.15) is 0 Å². The predicted molar refractivity (Wildman–Crippen MR) is 91.8 cm³/mol. The van der Waals surface area contributed by atoms with Gasteiger partial charge in [-0.3, -0.25) is 9.78 Å². The van der Waals surface area contributed by atoms with E-state index in [1.165, 1.54) is 0 Å². The summed E-state index contributed by atoms with van der Waals surface area (Å²) >= 11 is 6.84. The van der Waals surface area contributed by atoms with Crippen LogP contribution >= 0.6 is 31.9 Å². The van der Waals surface area contributed by atoms with Gasteiger partial charge in [-0.05, 0) is 49.4 Å². The van der Waals surface area contributed by atoms with Crippen LogP contribution in [-0.4, -0.2) is 10.8 Å². The lowest BCUT2D eigenvalue weighted by atomic mass is 10.0. The van der Waals surface area contributed by atoms with Crippen molar-refractivity contribution in [3.8, 4) is 0 Å². The lowest BCUT2D eigenvalue weighted by Gasteiger charge is -2.06. The number of carbonyl (C=O) groups is 1. The van der Waals surface area contributed by atoms with Crippen LogP contribution < -0.4 is 0 Å². The highest BCUT2D eigenvalue weighted by molar-refractivity contribution is 9.11. The number of aromatic nitrogens is 1. The molecule has 2 aromatic carbocycles. The van der Waals surface area contributed by atoms with Crippen molar-refractivity contribution in [2.45, 2.75) is 6.92 Å². The number of aryl methyl sites for hydroxylation is 1. The zero-order chi connectivity index (χ0) is 15.0. The zero-order valence-corrected chi connectivity index (χ0v) is 14.4. The van der Waals surface area contributed by atoms with Crippen molar-refractivity contribution in [2.24, 2.45) is 0 Å². The maximum Gasteiger partial charge on any atom is 0.194 e. The first-order chi connectivity index (χ1) is 10.0. The normalized spacial score (nSPS) is 10.8. The fourth-order valence-corrected chi connectivity index (χ4v) is 2.98. The van der Waals surface area contributed by atoms with E-state index in [1.54, 1.807) is 0 Å². The summed E-state index contributed by atoms with van der Waals surface area (Å²) < 4.78 is 1.67. The summed E-state index contributed by atoms with van der Waals surface area (Å²) in [5.74, 6) is -0.00866. The van der Waals surface area contributed by atoms with E-state index in [2.05, 4.69) is 36.8 Å². The minimum absolute atomic E-state index is 0.00866. The van der Waals surface area contributed by atoms with E-state index in [0.29, 0.717) is 11.1 Å². The van der Waals surface area contributed by atoms with Gasteiger partial charge in [-0.25, -0.2) is 0 Å². The molecule has 3 aromatic rings. The van der Waals surface area contributed by atoms with Crippen molar-refractivity contribution in [3.63, 3.8) is 0 Å². The Morgan fingerprint density at radius 1 is 1.00 bits per heavy atom. The second-order valence-electron chi connectivity index (χ2n) is 4.81. The molecule has 0 aliphatic carbocycles. The van der Waals surface area contributed by atoms with Gasteiger partial charge in [-0.1, -0.05) is 37.9 Å². The molecule has 0 atom stereocenters. The summed E-state index contributed by atoms with van der Waals surface area (Å²) in [5, 5.41) is 0.970. The third-order valence-corrected chi connectivity index (χ3v) is 4.45. The van der Waals surface area contributed by atoms with E-state index in [4.69, 9.17) is 0 Å². The molecular weight excluding hydrogens is 394 g/mol. The first-order valence-corrected chi connectivity index (χ1v) is 8.00. The fraction of sp³-hybridized carbons (Fsp3) is 0.0588. The van der Waals surface area contributed by atoms with E-state index in [1.807, 2.05) is 55.5 Å². The van der Waals surface area contributed by atoms with E-state index >= 15 is 0 Å². The van der Waals surface area contributed by atoms with Crippen LogP contribution in [-0.2, 0) is 0 Å². The largest absolute Gasteiger partial charge is 0.289 e. The Balaban J connectivity index is 2.09. The summed E-state index contributed by atoms with van der Waals surface area (Å²) in [6.45, 7) is 1.96. The summed E-state index contributed by atoms with van der Waals surface area (Å²) in [4.78, 5) is 17.1. The molecule has 0 spiro atoms. The number of hydrogen-bond acceptors (Lipinski definition) is 2. The molecular formula is C17H11Br2NO. The summed E-state index contributed by atoms with van der Waals surface area (Å²) in [7, 11) is 0. The van der Waals surface area contributed by atoms with Gasteiger partial charge in [0.15, 0.2) is 5.78 Å². The highest BCUT2D eigenvalue weighted by Crippen LogP contribution is 2.25. The first kappa shape index (κ1) is 14.4. The smallest absolute Gasteiger partial charge is 0.194 e. The molecule has 1 aromatic heterocycles. The van der Waals surface area contributed by atoms with Crippen LogP contribution in [0.4, 0.5) is 0 Å². The molecule has 21 heavy (non-hydrogen) atoms. The van der Waals surface area contributed by atoms with Gasteiger partial charge >= 0.3 is 0 Å². The molecule has 0 amide bonds. The quantitative estimate of drug-likeness (QED) is 0.542. The number of pyridine rings is 1. The van der Waals surface area contributed by atoms with Crippen molar-refractivity contribution in [1.82, 2.24) is 4.98 Å². The maximum atomic E-state index is 12.7. The summed E-state index contributed by atoms with van der Waals surface area (Å²) in [6.07, 6.45) is 0. The molecule has 0 fully saturated rings. The number of halogens is 2. The number of fused-ring (bicyclic) bond motifs is 1. The minimum atomic E-state index is -0.00866. The van der Waals surface area contributed by atoms with Crippen LogP contribution in [0, 0.1) is 6.92 Å². The van der Waals surface area contributed by atoms with Crippen molar-refractivity contribution < 1.29 is 4.79 Å². The second kappa shape index (κ2) is 5.70. The van der Waals surface area contributed by atoms with Crippen molar-refractivity contribution in [3.05, 3.63) is 74.3 Å². The number of ketones is 1. The molecule has 0 saturated carbocycles. The molecule has 0 saturated heterocycles. The molecule has 0 bridgehead atoms. The Labute approximate surface area is 139 Å². The monoisotopic (exact) mass is 403 g/mol. The van der Waals surface area contributed by atoms with Gasteiger partial charge in [-0.15, -0.1) is 0 Å². The highest BCUT2D eigenvalue weighted by Gasteiger charge is 2.13. The van der Waals surface area contributed by atoms with Gasteiger partial charge < -0.3 is 0 Å². The third kappa shape index (κ3) is 2.92. The Bertz CT molecular complexity index is 859. The lowest BCUT2D eigenvalue weighted by Crippen LogP contribution is -2.02. The van der Waals surface area contributed by atoms with Crippen LogP contribution in [0.3, 0.4) is 0 Å². The Kier molecular flexibility index (Phi) is 3.91. The number of nitrogens with zero attached hydrogens (tertiary/aromatic N) is 1. The Hall–Kier alpha value is -1.52. The summed E-state index contributed by atoms with van der Waals surface area (Å²) in [5.41, 5.74) is 3.17. The molecule has 0 aliphatic rings. The Morgan fingerprint density at radius 2 is 1.81 bits per heavy atom. The maximum absolute atomic E-state index is 12.7. The van der Waals surface area contributed by atoms with Gasteiger partial charge in [0.25, 0.3) is 0 Å². The van der Waals surface area contributed by atoms with Crippen molar-refractivity contribution >= 4 is 48.5 Å². The summed E-state index contributed by atoms with van der Waals surface area (Å²) in [6, 6.07) is 15.1. The predicted octanol–water partition coefficient (Wildman–Crippen LogP) is 5.30. The van der Waals surface area contributed by atoms with Crippen molar-refractivity contribution in [1.29, 1.82) is 0 Å². The highest BCUT2D eigenvalue weighted by atomic mass is 79.9. The van der Waals surface area contributed by atoms with E-state index in [-0.39, 0.29) is 5.78 Å². The van der Waals surface area contributed by atoms with Gasteiger partial charge in [0.2, 0.25) is 0 Å². The number of carbonyl (C=O) groups excluding carboxylic acids is 1. The standard InChI is InChI=1S/C17H11Br2NO/c1-10-2-3-11-8-12(4-7-16(11)20-10)17(21)14-9-13(18)5-6-15(14)19/h2-9H,1H3. The van der Waals surface area contributed by atoms with Gasteiger partial charge in [0, 0.05) is 31.2 Å². The van der Waals surface area contributed by atoms with Crippen LogP contribution in [0.5, 0.6) is 0 Å². The van der Waals surface area contributed by atoms with Crippen molar-refractivity contribution in [2.75, 3.05) is 0 Å². The van der Waals surface area contributed by atoms with E-state index in [9.17, 15) is 4.79 Å². The molecule has 104 valence electrons. The molecule has 0 aliphatic heterocycles. The molecule has 0 unspecified atom stereocenters. The van der Waals surface area contributed by atoms with E-state index < -0.39 is 0 Å². The van der Waals surface area contributed by atoms with Gasteiger partial charge in [0.05, 0.1) is 5.52 Å². The molecule has 0 N–H and O–H groups in total. The van der Waals surface area contributed by atoms with Gasteiger partial charge in [0.1, 0.15) is 0 Å². The lowest BCUT2D eigenvalue weighted by molar-refractivity contribution is 0.103. The average molecular weight is 405 g/mol. The molecule has 2 nitrogen and oxygen atoms in total.